The molecule has 0 saturated carbocycles. The number of ether oxygens (including phenoxy) is 1. The van der Waals surface area contributed by atoms with E-state index in [0.29, 0.717) is 12.0 Å². The molecule has 2 N–H and O–H groups in total. The number of nitro benzene ring substituents is 1. The summed E-state index contributed by atoms with van der Waals surface area (Å²) in [5.74, 6) is -3.21. The van der Waals surface area contributed by atoms with Crippen LogP contribution in [-0.4, -0.2) is 83.7 Å². The molecule has 2 aliphatic heterocycles. The van der Waals surface area contributed by atoms with Gasteiger partial charge in [0.25, 0.3) is 17.5 Å². The molecule has 3 amide bonds. The van der Waals surface area contributed by atoms with Crippen molar-refractivity contribution >= 4 is 73.9 Å². The smallest absolute Gasteiger partial charge is 0.359 e. The fraction of sp³-hybridized carbons (Fsp3) is 0.273. The van der Waals surface area contributed by atoms with E-state index in [4.69, 9.17) is 13.8 Å². The van der Waals surface area contributed by atoms with Crippen molar-refractivity contribution in [1.82, 2.24) is 15.2 Å². The van der Waals surface area contributed by atoms with Gasteiger partial charge in [-0.25, -0.2) is 9.78 Å². The zero-order chi connectivity index (χ0) is 30.6. The summed E-state index contributed by atoms with van der Waals surface area (Å²) in [5.41, 5.74) is -0.478. The molecule has 0 spiro atoms. The number of oxime groups is 1. The van der Waals surface area contributed by atoms with Gasteiger partial charge in [-0.05, 0) is 17.7 Å². The van der Waals surface area contributed by atoms with Crippen LogP contribution in [0.25, 0.3) is 0 Å². The van der Waals surface area contributed by atoms with Crippen molar-refractivity contribution in [3.05, 3.63) is 62.5 Å². The van der Waals surface area contributed by atoms with Crippen LogP contribution in [0, 0.1) is 10.1 Å². The van der Waals surface area contributed by atoms with Gasteiger partial charge in [0.15, 0.2) is 22.3 Å². The molecule has 0 aliphatic carbocycles. The Labute approximate surface area is 245 Å². The summed E-state index contributed by atoms with van der Waals surface area (Å²) >= 11 is 2.04. The third kappa shape index (κ3) is 6.66. The number of amides is 3. The molecular weight excluding hydrogens is 620 g/mol. The number of carbonyl (C=O) groups excluding carboxylic acids is 4. The highest BCUT2D eigenvalue weighted by atomic mass is 32.2. The van der Waals surface area contributed by atoms with Crippen molar-refractivity contribution in [1.29, 1.82) is 0 Å². The largest absolute Gasteiger partial charge is 0.456 e. The fourth-order valence-electron chi connectivity index (χ4n) is 3.76. The van der Waals surface area contributed by atoms with E-state index in [1.165, 1.54) is 36.8 Å². The van der Waals surface area contributed by atoms with Crippen LogP contribution in [0.5, 0.6) is 0 Å². The maximum atomic E-state index is 13.2. The molecular formula is C22H20N6O11S3. The number of nitrogens with zero attached hydrogens (tertiary/aromatic N) is 4. The number of nitro groups is 1. The minimum atomic E-state index is -4.10. The number of non-ortho nitro benzene ring substituents is 1. The van der Waals surface area contributed by atoms with Gasteiger partial charge >= 0.3 is 16.1 Å². The predicted molar refractivity (Wildman–Crippen MR) is 146 cm³/mol. The van der Waals surface area contributed by atoms with Gasteiger partial charge in [-0.1, -0.05) is 5.16 Å². The van der Waals surface area contributed by atoms with Gasteiger partial charge in [0.1, 0.15) is 30.8 Å². The summed E-state index contributed by atoms with van der Waals surface area (Å²) in [4.78, 5) is 70.0. The molecule has 2 aromatic rings. The van der Waals surface area contributed by atoms with E-state index >= 15 is 0 Å². The second kappa shape index (κ2) is 12.5. The molecule has 1 aromatic carbocycles. The number of thiazole rings is 1. The number of carbonyl (C=O) groups is 4. The zero-order valence-electron chi connectivity index (χ0n) is 21.5. The van der Waals surface area contributed by atoms with Crippen LogP contribution in [0.4, 0.5) is 10.8 Å². The Hall–Kier alpha value is -4.56. The Morgan fingerprint density at radius 1 is 1.31 bits per heavy atom. The highest BCUT2D eigenvalue weighted by Crippen LogP contribution is 2.41. The average Bonchev–Trinajstić information content (AvgIpc) is 3.40. The Morgan fingerprint density at radius 2 is 2.02 bits per heavy atom. The van der Waals surface area contributed by atoms with Crippen molar-refractivity contribution in [2.24, 2.45) is 5.16 Å². The molecule has 2 aliphatic rings. The molecule has 1 aromatic heterocycles. The third-order valence-electron chi connectivity index (χ3n) is 5.51. The maximum Gasteiger partial charge on any atom is 0.359 e. The van der Waals surface area contributed by atoms with Crippen LogP contribution >= 0.6 is 23.1 Å². The Balaban J connectivity index is 1.52. The number of thioether (sulfide) groups is 1. The van der Waals surface area contributed by atoms with E-state index in [9.17, 15) is 37.7 Å². The molecule has 222 valence electrons. The normalized spacial score (nSPS) is 18.4. The molecule has 0 radical (unpaired) electrons. The van der Waals surface area contributed by atoms with Crippen molar-refractivity contribution in [2.45, 2.75) is 18.0 Å². The van der Waals surface area contributed by atoms with Crippen LogP contribution in [-0.2, 0) is 49.7 Å². The van der Waals surface area contributed by atoms with Crippen molar-refractivity contribution < 1.29 is 46.3 Å². The number of β-lactam (4-membered cyclic amide) rings is 1. The van der Waals surface area contributed by atoms with Gasteiger partial charge in [0.05, 0.1) is 16.9 Å². The van der Waals surface area contributed by atoms with Gasteiger partial charge in [0.2, 0.25) is 6.41 Å². The maximum absolute atomic E-state index is 13.2. The quantitative estimate of drug-likeness (QED) is 0.0606. The van der Waals surface area contributed by atoms with E-state index < -0.39 is 49.9 Å². The van der Waals surface area contributed by atoms with Crippen LogP contribution < -0.4 is 10.6 Å². The number of fused-ring (bicyclic) bond motifs is 1. The number of nitrogens with one attached hydrogen (secondary N) is 2. The molecule has 17 nitrogen and oxygen atoms in total. The molecule has 1 unspecified atom stereocenters. The number of hydrogen-bond donors (Lipinski definition) is 2. The minimum absolute atomic E-state index is 0.0582. The predicted octanol–water partition coefficient (Wildman–Crippen LogP) is 0.301. The molecule has 20 heteroatoms. The van der Waals surface area contributed by atoms with Gasteiger partial charge in [-0.3, -0.25) is 29.4 Å². The second-order valence-electron chi connectivity index (χ2n) is 8.34. The Bertz CT molecular complexity index is 1600. The molecule has 3 heterocycles. The van der Waals surface area contributed by atoms with Gasteiger partial charge in [-0.2, -0.15) is 8.42 Å². The van der Waals surface area contributed by atoms with Gasteiger partial charge in [-0.15, -0.1) is 23.1 Å². The summed E-state index contributed by atoms with van der Waals surface area (Å²) in [7, 11) is -2.91. The first-order valence-corrected chi connectivity index (χ1v) is 15.2. The summed E-state index contributed by atoms with van der Waals surface area (Å²) in [6.07, 6.45) is 1.17. The Kier molecular flexibility index (Phi) is 9.07. The number of aromatic nitrogens is 1. The van der Waals surface area contributed by atoms with Gasteiger partial charge in [0, 0.05) is 17.5 Å². The molecule has 0 bridgehead atoms. The van der Waals surface area contributed by atoms with E-state index in [-0.39, 0.29) is 40.3 Å². The summed E-state index contributed by atoms with van der Waals surface area (Å²) in [6, 6.07) is 4.01. The lowest BCUT2D eigenvalue weighted by Crippen LogP contribution is -2.71. The second-order valence-corrected chi connectivity index (χ2v) is 11.9. The fourth-order valence-corrected chi connectivity index (χ4v) is 6.25. The lowest BCUT2D eigenvalue weighted by molar-refractivity contribution is -0.384. The molecule has 4 rings (SSSR count). The molecule has 1 saturated heterocycles. The van der Waals surface area contributed by atoms with Crippen molar-refractivity contribution in [3.8, 4) is 0 Å². The number of anilines is 1. The van der Waals surface area contributed by atoms with Crippen molar-refractivity contribution in [3.63, 3.8) is 0 Å². The molecule has 2 atom stereocenters. The first-order chi connectivity index (χ1) is 19.9. The highest BCUT2D eigenvalue weighted by molar-refractivity contribution is 8.00. The summed E-state index contributed by atoms with van der Waals surface area (Å²) in [5, 5.41) is 20.1. The highest BCUT2D eigenvalue weighted by Gasteiger charge is 2.55. The standard InChI is InChI=1S/C22H20N6O11S3/c1-37-26-15(13-8-41-22(24-13)23-10-29)18(30)25-16-19(31)27-17(14(9-40-20(16)27)39-42(2,35)36)21(32)38-7-11-3-5-12(6-4-11)28(33)34/h3-6,8,10,16,20H,7,9H2,1-2H3,(H,25,30)(H,23,24,29)/t16?,20-/m0/s1. The van der Waals surface area contributed by atoms with E-state index in [0.717, 1.165) is 34.3 Å². The van der Waals surface area contributed by atoms with Crippen LogP contribution in [0.15, 0.2) is 46.3 Å². The summed E-state index contributed by atoms with van der Waals surface area (Å²) in [6.45, 7) is -0.349. The van der Waals surface area contributed by atoms with Crippen LogP contribution in [0.3, 0.4) is 0 Å². The monoisotopic (exact) mass is 640 g/mol. The zero-order valence-corrected chi connectivity index (χ0v) is 24.0. The molecule has 42 heavy (non-hydrogen) atoms. The lowest BCUT2D eigenvalue weighted by Gasteiger charge is -2.49. The third-order valence-corrected chi connectivity index (χ3v) is 8.04. The van der Waals surface area contributed by atoms with E-state index in [2.05, 4.69) is 20.8 Å². The first kappa shape index (κ1) is 30.4. The van der Waals surface area contributed by atoms with E-state index in [1.54, 1.807) is 0 Å². The van der Waals surface area contributed by atoms with Crippen LogP contribution in [0.2, 0.25) is 0 Å². The summed E-state index contributed by atoms with van der Waals surface area (Å²) < 4.78 is 34.0. The Morgan fingerprint density at radius 3 is 2.64 bits per heavy atom. The number of benzene rings is 1. The minimum Gasteiger partial charge on any atom is -0.456 e. The number of esters is 1. The topological polar surface area (TPSA) is 226 Å². The van der Waals surface area contributed by atoms with Crippen LogP contribution in [0.1, 0.15) is 11.3 Å². The molecule has 1 fully saturated rings. The van der Waals surface area contributed by atoms with Gasteiger partial charge < -0.3 is 24.4 Å². The average molecular weight is 641 g/mol. The number of hydrogen-bond acceptors (Lipinski definition) is 15. The lowest BCUT2D eigenvalue weighted by atomic mass is 10.0. The van der Waals surface area contributed by atoms with E-state index in [1.807, 2.05) is 0 Å². The number of rotatable bonds is 12. The first-order valence-electron chi connectivity index (χ1n) is 11.5. The van der Waals surface area contributed by atoms with Crippen molar-refractivity contribution in [2.75, 3.05) is 24.4 Å². The SMILES string of the molecule is CON=C(C(=O)NC1C(=O)N2C(C(=O)OCc3ccc([N+](=O)[O-])cc3)=C(OS(C)(=O)=O)CS[C@@H]12)c1csc(NC=O)n1.